The highest BCUT2D eigenvalue weighted by molar-refractivity contribution is 5.95. The number of carbonyl (C=O) groups is 1. The van der Waals surface area contributed by atoms with E-state index in [0.29, 0.717) is 11.5 Å². The molecule has 4 bridgehead atoms. The minimum Gasteiger partial charge on any atom is -0.319 e. The van der Waals surface area contributed by atoms with E-state index in [9.17, 15) is 10.1 Å². The zero-order chi connectivity index (χ0) is 15.8. The standard InChI is InChI=1S/C19H22N2O/c1-13-4-6-14(7-5-13)16(22)21-12-17(2)15-8-9-18(17,3)19(21,10-15)11-20/h4-7,15H,8-10,12H2,1-3H3. The van der Waals surface area contributed by atoms with Crippen LogP contribution in [0.1, 0.15) is 49.0 Å². The number of rotatable bonds is 1. The van der Waals surface area contributed by atoms with Crippen LogP contribution in [0.2, 0.25) is 0 Å². The first-order valence-corrected chi connectivity index (χ1v) is 8.18. The molecule has 114 valence electrons. The van der Waals surface area contributed by atoms with Crippen LogP contribution in [0.5, 0.6) is 0 Å². The van der Waals surface area contributed by atoms with Gasteiger partial charge in [-0.2, -0.15) is 5.26 Å². The predicted molar refractivity (Wildman–Crippen MR) is 84.1 cm³/mol. The normalized spacial score (nSPS) is 41.7. The molecule has 0 N–H and O–H groups in total. The summed E-state index contributed by atoms with van der Waals surface area (Å²) in [5, 5.41) is 10.0. The lowest BCUT2D eigenvalue weighted by molar-refractivity contribution is 0.0430. The van der Waals surface area contributed by atoms with Gasteiger partial charge in [0.25, 0.3) is 5.91 Å². The third-order valence-corrected chi connectivity index (χ3v) is 7.28. The Bertz CT molecular complexity index is 703. The molecule has 4 atom stereocenters. The molecule has 2 saturated carbocycles. The van der Waals surface area contributed by atoms with Gasteiger partial charge in [0.1, 0.15) is 5.54 Å². The van der Waals surface area contributed by atoms with Crippen LogP contribution < -0.4 is 0 Å². The fourth-order valence-corrected chi connectivity index (χ4v) is 5.61. The molecule has 22 heavy (non-hydrogen) atoms. The third kappa shape index (κ3) is 1.26. The molecule has 3 nitrogen and oxygen atoms in total. The molecule has 3 aliphatic rings. The minimum atomic E-state index is -0.605. The lowest BCUT2D eigenvalue weighted by Crippen LogP contribution is -2.54. The summed E-state index contributed by atoms with van der Waals surface area (Å²) in [6.45, 7) is 7.29. The van der Waals surface area contributed by atoms with Gasteiger partial charge in [-0.1, -0.05) is 31.5 Å². The SMILES string of the molecule is Cc1ccc(C(=O)N2CC3(C)C4CCC3(C)C2(C#N)C4)cc1. The lowest BCUT2D eigenvalue weighted by Gasteiger charge is -2.43. The Balaban J connectivity index is 1.78. The molecule has 1 amide bonds. The maximum absolute atomic E-state index is 13.0. The van der Waals surface area contributed by atoms with Crippen molar-refractivity contribution in [2.75, 3.05) is 6.54 Å². The number of aryl methyl sites for hydroxylation is 1. The summed E-state index contributed by atoms with van der Waals surface area (Å²) in [6.07, 6.45) is 3.14. The molecule has 1 aliphatic heterocycles. The van der Waals surface area contributed by atoms with E-state index >= 15 is 0 Å². The molecular weight excluding hydrogens is 272 g/mol. The zero-order valence-electron chi connectivity index (χ0n) is 13.5. The Morgan fingerprint density at radius 3 is 2.59 bits per heavy atom. The van der Waals surface area contributed by atoms with Crippen LogP contribution in [0.4, 0.5) is 0 Å². The van der Waals surface area contributed by atoms with E-state index in [2.05, 4.69) is 19.9 Å². The monoisotopic (exact) mass is 294 g/mol. The molecule has 0 aromatic heterocycles. The summed E-state index contributed by atoms with van der Waals surface area (Å²) in [7, 11) is 0. The van der Waals surface area contributed by atoms with E-state index in [4.69, 9.17) is 0 Å². The predicted octanol–water partition coefficient (Wildman–Crippen LogP) is 3.54. The molecule has 4 unspecified atom stereocenters. The molecule has 1 saturated heterocycles. The third-order valence-electron chi connectivity index (χ3n) is 7.28. The molecule has 1 aromatic carbocycles. The van der Waals surface area contributed by atoms with E-state index in [1.165, 1.54) is 6.42 Å². The van der Waals surface area contributed by atoms with Crippen molar-refractivity contribution in [1.29, 1.82) is 5.26 Å². The first kappa shape index (κ1) is 13.8. The highest BCUT2D eigenvalue weighted by Crippen LogP contribution is 2.75. The van der Waals surface area contributed by atoms with Crippen molar-refractivity contribution in [3.63, 3.8) is 0 Å². The highest BCUT2D eigenvalue weighted by Gasteiger charge is 2.78. The van der Waals surface area contributed by atoms with Gasteiger partial charge in [0.05, 0.1) is 6.07 Å². The van der Waals surface area contributed by atoms with Gasteiger partial charge in [-0.3, -0.25) is 4.79 Å². The highest BCUT2D eigenvalue weighted by atomic mass is 16.2. The molecule has 1 aromatic rings. The average molecular weight is 294 g/mol. The molecule has 0 spiro atoms. The van der Waals surface area contributed by atoms with Crippen LogP contribution in [0.25, 0.3) is 0 Å². The minimum absolute atomic E-state index is 0.0249. The number of hydrogen-bond donors (Lipinski definition) is 0. The number of benzene rings is 1. The van der Waals surface area contributed by atoms with Gasteiger partial charge >= 0.3 is 0 Å². The van der Waals surface area contributed by atoms with Gasteiger partial charge in [0.2, 0.25) is 0 Å². The number of piperidine rings is 1. The van der Waals surface area contributed by atoms with Crippen LogP contribution >= 0.6 is 0 Å². The van der Waals surface area contributed by atoms with Crippen molar-refractivity contribution in [3.05, 3.63) is 35.4 Å². The van der Waals surface area contributed by atoms with Gasteiger partial charge < -0.3 is 4.90 Å². The number of nitrogens with zero attached hydrogens (tertiary/aromatic N) is 2. The smallest absolute Gasteiger partial charge is 0.255 e. The molecule has 3 heteroatoms. The van der Waals surface area contributed by atoms with Gasteiger partial charge in [0.15, 0.2) is 0 Å². The maximum Gasteiger partial charge on any atom is 0.255 e. The van der Waals surface area contributed by atoms with Crippen LogP contribution in [0.3, 0.4) is 0 Å². The Morgan fingerprint density at radius 1 is 1.32 bits per heavy atom. The van der Waals surface area contributed by atoms with E-state index in [1.807, 2.05) is 36.1 Å². The molecule has 4 rings (SSSR count). The second-order valence-corrected chi connectivity index (χ2v) is 7.92. The molecule has 0 radical (unpaired) electrons. The van der Waals surface area contributed by atoms with Crippen LogP contribution in [-0.4, -0.2) is 22.9 Å². The fourth-order valence-electron chi connectivity index (χ4n) is 5.61. The first-order valence-electron chi connectivity index (χ1n) is 8.18. The average Bonchev–Trinajstić information content (AvgIpc) is 2.96. The van der Waals surface area contributed by atoms with Gasteiger partial charge in [-0.05, 0) is 49.7 Å². The fraction of sp³-hybridized carbons (Fsp3) is 0.579. The van der Waals surface area contributed by atoms with Crippen molar-refractivity contribution in [2.45, 2.75) is 45.6 Å². The zero-order valence-corrected chi connectivity index (χ0v) is 13.5. The summed E-state index contributed by atoms with van der Waals surface area (Å²) >= 11 is 0. The summed E-state index contributed by atoms with van der Waals surface area (Å²) in [4.78, 5) is 14.9. The summed E-state index contributed by atoms with van der Waals surface area (Å²) < 4.78 is 0. The Morgan fingerprint density at radius 2 is 2.00 bits per heavy atom. The van der Waals surface area contributed by atoms with Crippen molar-refractivity contribution >= 4 is 5.91 Å². The number of nitriles is 1. The van der Waals surface area contributed by atoms with Crippen LogP contribution in [0.15, 0.2) is 24.3 Å². The second kappa shape index (κ2) is 3.93. The van der Waals surface area contributed by atoms with E-state index in [-0.39, 0.29) is 16.7 Å². The maximum atomic E-state index is 13.0. The first-order chi connectivity index (χ1) is 10.4. The molecular formula is C19H22N2O. The van der Waals surface area contributed by atoms with Crippen molar-refractivity contribution in [1.82, 2.24) is 4.90 Å². The quantitative estimate of drug-likeness (QED) is 0.795. The molecule has 2 aliphatic carbocycles. The topological polar surface area (TPSA) is 44.1 Å². The molecule has 3 fully saturated rings. The Hall–Kier alpha value is -1.82. The van der Waals surface area contributed by atoms with Crippen LogP contribution in [0, 0.1) is 35.0 Å². The largest absolute Gasteiger partial charge is 0.319 e. The van der Waals surface area contributed by atoms with E-state index < -0.39 is 5.54 Å². The van der Waals surface area contributed by atoms with Gasteiger partial charge in [-0.25, -0.2) is 0 Å². The van der Waals surface area contributed by atoms with Crippen LogP contribution in [-0.2, 0) is 0 Å². The number of hydrogen-bond acceptors (Lipinski definition) is 2. The summed E-state index contributed by atoms with van der Waals surface area (Å²) in [5.41, 5.74) is 1.29. The Kier molecular flexibility index (Phi) is 2.47. The van der Waals surface area contributed by atoms with Crippen molar-refractivity contribution < 1.29 is 4.79 Å². The number of carbonyl (C=O) groups excluding carboxylic acids is 1. The van der Waals surface area contributed by atoms with E-state index in [1.54, 1.807) is 0 Å². The summed E-state index contributed by atoms with van der Waals surface area (Å²) in [6, 6.07) is 10.3. The van der Waals surface area contributed by atoms with Crippen molar-refractivity contribution in [2.24, 2.45) is 16.7 Å². The van der Waals surface area contributed by atoms with Crippen molar-refractivity contribution in [3.8, 4) is 6.07 Å². The summed E-state index contributed by atoms with van der Waals surface area (Å²) in [5.74, 6) is 0.621. The lowest BCUT2D eigenvalue weighted by atomic mass is 9.66. The molecule has 1 heterocycles. The van der Waals surface area contributed by atoms with E-state index in [0.717, 1.165) is 24.9 Å². The van der Waals surface area contributed by atoms with Gasteiger partial charge in [0, 0.05) is 17.5 Å². The second-order valence-electron chi connectivity index (χ2n) is 7.92. The number of amides is 1. The Labute approximate surface area is 131 Å². The van der Waals surface area contributed by atoms with Gasteiger partial charge in [-0.15, -0.1) is 0 Å². The number of likely N-dealkylation sites (tertiary alicyclic amines) is 1.